The minimum Gasteiger partial charge on any atom is -0.321 e. The van der Waals surface area contributed by atoms with Gasteiger partial charge in [0.25, 0.3) is 5.91 Å². The minimum atomic E-state index is -4.80. The third kappa shape index (κ3) is 4.53. The maximum Gasteiger partial charge on any atom is 0.420 e. The van der Waals surface area contributed by atoms with Crippen molar-refractivity contribution in [2.24, 2.45) is 0 Å². The highest BCUT2D eigenvalue weighted by Crippen LogP contribution is 2.35. The average Bonchev–Trinajstić information content (AvgIpc) is 3.30. The Hall–Kier alpha value is -3.86. The van der Waals surface area contributed by atoms with Crippen LogP contribution in [-0.2, 0) is 6.18 Å². The largest absolute Gasteiger partial charge is 0.420 e. The van der Waals surface area contributed by atoms with Gasteiger partial charge in [0.15, 0.2) is 5.82 Å². The molecule has 0 unspecified atom stereocenters. The number of rotatable bonds is 4. The zero-order valence-corrected chi connectivity index (χ0v) is 17.5. The Balaban J connectivity index is 1.66. The monoisotopic (exact) mass is 476 g/mol. The molecular weight excluding hydrogens is 464 g/mol. The highest BCUT2D eigenvalue weighted by molar-refractivity contribution is 6.34. The number of hydrogen-bond acceptors (Lipinski definition) is 5. The summed E-state index contributed by atoms with van der Waals surface area (Å²) in [5, 5.41) is 9.49. The predicted octanol–water partition coefficient (Wildman–Crippen LogP) is 5.10. The summed E-state index contributed by atoms with van der Waals surface area (Å²) in [5.74, 6) is -2.20. The van der Waals surface area contributed by atoms with Crippen LogP contribution in [0.3, 0.4) is 0 Å². The normalized spacial score (nSPS) is 11.5. The van der Waals surface area contributed by atoms with E-state index in [1.807, 2.05) is 0 Å². The summed E-state index contributed by atoms with van der Waals surface area (Å²) < 4.78 is 55.4. The fourth-order valence-corrected chi connectivity index (χ4v) is 3.37. The highest BCUT2D eigenvalue weighted by atomic mass is 35.5. The first-order valence-corrected chi connectivity index (χ1v) is 9.68. The third-order valence-electron chi connectivity index (χ3n) is 4.65. The van der Waals surface area contributed by atoms with Crippen LogP contribution in [0.5, 0.6) is 0 Å². The number of aryl methyl sites for hydroxylation is 1. The van der Waals surface area contributed by atoms with Gasteiger partial charge in [-0.05, 0) is 42.3 Å². The van der Waals surface area contributed by atoms with Gasteiger partial charge in [-0.1, -0.05) is 11.6 Å². The molecule has 4 aromatic rings. The van der Waals surface area contributed by atoms with E-state index in [9.17, 15) is 22.4 Å². The van der Waals surface area contributed by atoms with Crippen LogP contribution in [0, 0.1) is 12.7 Å². The standard InChI is InChI=1S/C21H13ClF4N6O/c1-11-9-27-3-2-13(11)14-7-17(22)15(8-18(14)23)20(33)31-12-6-16(21(24,25)26)19(28-10-12)32-29-4-5-30-32/h2-10H,1H3,(H,31,33). The summed E-state index contributed by atoms with van der Waals surface area (Å²) in [6.45, 7) is 1.74. The molecule has 0 aliphatic rings. The second-order valence-corrected chi connectivity index (χ2v) is 7.28. The molecule has 3 aromatic heterocycles. The van der Waals surface area contributed by atoms with Gasteiger partial charge in [0.1, 0.15) is 11.4 Å². The van der Waals surface area contributed by atoms with Crippen molar-refractivity contribution in [1.29, 1.82) is 0 Å². The van der Waals surface area contributed by atoms with Crippen LogP contribution in [0.1, 0.15) is 21.5 Å². The lowest BCUT2D eigenvalue weighted by Gasteiger charge is -2.14. The number of amides is 1. The lowest BCUT2D eigenvalue weighted by atomic mass is 10.00. The molecule has 3 heterocycles. The maximum absolute atomic E-state index is 14.8. The van der Waals surface area contributed by atoms with Crippen LogP contribution in [0.15, 0.2) is 55.2 Å². The number of carbonyl (C=O) groups excluding carboxylic acids is 1. The van der Waals surface area contributed by atoms with Crippen molar-refractivity contribution < 1.29 is 22.4 Å². The highest BCUT2D eigenvalue weighted by Gasteiger charge is 2.36. The van der Waals surface area contributed by atoms with Crippen molar-refractivity contribution in [3.63, 3.8) is 0 Å². The molecule has 0 saturated heterocycles. The Kier molecular flexibility index (Phi) is 5.81. The molecule has 0 spiro atoms. The lowest BCUT2D eigenvalue weighted by molar-refractivity contribution is -0.137. The molecule has 7 nitrogen and oxygen atoms in total. The fraction of sp³-hybridized carbons (Fsp3) is 0.0952. The van der Waals surface area contributed by atoms with Crippen molar-refractivity contribution >= 4 is 23.2 Å². The van der Waals surface area contributed by atoms with E-state index in [-0.39, 0.29) is 21.8 Å². The van der Waals surface area contributed by atoms with E-state index < -0.39 is 29.3 Å². The molecule has 0 saturated carbocycles. The number of alkyl halides is 3. The summed E-state index contributed by atoms with van der Waals surface area (Å²) in [5.41, 5.74) is -0.295. The zero-order valence-electron chi connectivity index (χ0n) is 16.7. The molecule has 1 aromatic carbocycles. The Morgan fingerprint density at radius 1 is 1.06 bits per heavy atom. The lowest BCUT2D eigenvalue weighted by Crippen LogP contribution is -2.17. The van der Waals surface area contributed by atoms with Crippen molar-refractivity contribution in [2.45, 2.75) is 13.1 Å². The third-order valence-corrected chi connectivity index (χ3v) is 4.96. The van der Waals surface area contributed by atoms with Crippen LogP contribution in [0.2, 0.25) is 5.02 Å². The number of pyridine rings is 2. The number of nitrogens with one attached hydrogen (secondary N) is 1. The number of anilines is 1. The topological polar surface area (TPSA) is 85.6 Å². The van der Waals surface area contributed by atoms with Gasteiger partial charge in [0.2, 0.25) is 0 Å². The fourth-order valence-electron chi connectivity index (χ4n) is 3.12. The molecule has 0 fully saturated rings. The number of nitrogens with zero attached hydrogens (tertiary/aromatic N) is 5. The van der Waals surface area contributed by atoms with Crippen LogP contribution in [0.4, 0.5) is 23.2 Å². The molecule has 33 heavy (non-hydrogen) atoms. The van der Waals surface area contributed by atoms with Gasteiger partial charge in [-0.25, -0.2) is 9.37 Å². The summed E-state index contributed by atoms with van der Waals surface area (Å²) in [4.78, 5) is 21.0. The van der Waals surface area contributed by atoms with E-state index in [0.717, 1.165) is 12.3 Å². The number of hydrogen-bond donors (Lipinski definition) is 1. The van der Waals surface area contributed by atoms with Crippen LogP contribution in [-0.4, -0.2) is 30.9 Å². The quantitative estimate of drug-likeness (QED) is 0.414. The van der Waals surface area contributed by atoms with Crippen molar-refractivity contribution in [3.8, 4) is 16.9 Å². The molecule has 0 aliphatic carbocycles. The molecule has 0 bridgehead atoms. The molecule has 4 rings (SSSR count). The first kappa shape index (κ1) is 22.3. The Labute approximate surface area is 189 Å². The molecule has 12 heteroatoms. The van der Waals surface area contributed by atoms with Gasteiger partial charge in [-0.3, -0.25) is 9.78 Å². The second kappa shape index (κ2) is 8.58. The first-order chi connectivity index (χ1) is 15.6. The summed E-state index contributed by atoms with van der Waals surface area (Å²) >= 11 is 6.20. The van der Waals surface area contributed by atoms with Crippen LogP contribution < -0.4 is 5.32 Å². The van der Waals surface area contributed by atoms with Crippen molar-refractivity contribution in [1.82, 2.24) is 25.0 Å². The summed E-state index contributed by atoms with van der Waals surface area (Å²) in [6, 6.07) is 4.49. The smallest absolute Gasteiger partial charge is 0.321 e. The summed E-state index contributed by atoms with van der Waals surface area (Å²) in [6.07, 6.45) is 1.65. The van der Waals surface area contributed by atoms with Crippen LogP contribution in [0.25, 0.3) is 16.9 Å². The van der Waals surface area contributed by atoms with Gasteiger partial charge in [-0.15, -0.1) is 4.80 Å². The van der Waals surface area contributed by atoms with Gasteiger partial charge in [0, 0.05) is 18.0 Å². The van der Waals surface area contributed by atoms with E-state index in [4.69, 9.17) is 11.6 Å². The maximum atomic E-state index is 14.8. The summed E-state index contributed by atoms with van der Waals surface area (Å²) in [7, 11) is 0. The van der Waals surface area contributed by atoms with Crippen molar-refractivity contribution in [3.05, 3.63) is 82.8 Å². The molecule has 168 valence electrons. The number of halogens is 5. The molecular formula is C21H13ClF4N6O. The Morgan fingerprint density at radius 3 is 2.45 bits per heavy atom. The van der Waals surface area contributed by atoms with Gasteiger partial charge >= 0.3 is 6.18 Å². The Bertz CT molecular complexity index is 1340. The number of aromatic nitrogens is 5. The second-order valence-electron chi connectivity index (χ2n) is 6.87. The molecule has 1 amide bonds. The minimum absolute atomic E-state index is 0.0820. The number of benzene rings is 1. The SMILES string of the molecule is Cc1cnccc1-c1cc(Cl)c(C(=O)Nc2cnc(-n3nccn3)c(C(F)(F)F)c2)cc1F. The van der Waals surface area contributed by atoms with Crippen LogP contribution >= 0.6 is 11.6 Å². The van der Waals surface area contributed by atoms with E-state index in [1.54, 1.807) is 19.2 Å². The average molecular weight is 477 g/mol. The van der Waals surface area contributed by atoms with E-state index >= 15 is 0 Å². The zero-order chi connectivity index (χ0) is 23.8. The van der Waals surface area contributed by atoms with Gasteiger partial charge in [-0.2, -0.15) is 23.4 Å². The molecule has 1 N–H and O–H groups in total. The first-order valence-electron chi connectivity index (χ1n) is 9.30. The van der Waals surface area contributed by atoms with E-state index in [2.05, 4.69) is 25.5 Å². The van der Waals surface area contributed by atoms with E-state index in [0.29, 0.717) is 22.0 Å². The molecule has 0 aliphatic heterocycles. The molecule has 0 atom stereocenters. The predicted molar refractivity (Wildman–Crippen MR) is 111 cm³/mol. The Morgan fingerprint density at radius 2 is 1.79 bits per heavy atom. The van der Waals surface area contributed by atoms with Crippen molar-refractivity contribution in [2.75, 3.05) is 5.32 Å². The number of carbonyl (C=O) groups is 1. The van der Waals surface area contributed by atoms with Gasteiger partial charge in [0.05, 0.1) is 34.9 Å². The molecule has 0 radical (unpaired) electrons. The van der Waals surface area contributed by atoms with E-state index in [1.165, 1.54) is 24.7 Å². The van der Waals surface area contributed by atoms with Gasteiger partial charge < -0.3 is 5.32 Å².